The first-order chi connectivity index (χ1) is 12.5. The fourth-order valence-corrected chi connectivity index (χ4v) is 2.67. The molecule has 0 radical (unpaired) electrons. The van der Waals surface area contributed by atoms with Crippen molar-refractivity contribution in [2.45, 2.75) is 19.9 Å². The summed E-state index contributed by atoms with van der Waals surface area (Å²) in [5, 5.41) is 13.4. The summed E-state index contributed by atoms with van der Waals surface area (Å²) in [4.78, 5) is 6.56. The maximum atomic E-state index is 13.4. The minimum Gasteiger partial charge on any atom is -0.504 e. The van der Waals surface area contributed by atoms with Crippen LogP contribution in [0.2, 0.25) is 0 Å². The Bertz CT molecular complexity index is 756. The molecule has 0 unspecified atom stereocenters. The number of hydrogen-bond acceptors (Lipinski definition) is 3. The van der Waals surface area contributed by atoms with Crippen LogP contribution in [-0.2, 0) is 13.0 Å². The number of rotatable bonds is 7. The van der Waals surface area contributed by atoms with Crippen LogP contribution in [-0.4, -0.2) is 43.2 Å². The molecule has 0 heterocycles. The molecule has 2 aromatic rings. The maximum absolute atomic E-state index is 13.4. The Morgan fingerprint density at radius 1 is 1.26 bits per heavy atom. The van der Waals surface area contributed by atoms with Crippen molar-refractivity contribution in [1.29, 1.82) is 0 Å². The van der Waals surface area contributed by atoms with Crippen molar-refractivity contribution < 1.29 is 14.2 Å². The first-order valence-electron chi connectivity index (χ1n) is 8.63. The van der Waals surface area contributed by atoms with Gasteiger partial charge in [0.15, 0.2) is 17.5 Å². The fraction of sp³-hybridized carbons (Fsp3) is 0.350. The van der Waals surface area contributed by atoms with Gasteiger partial charge in [-0.05, 0) is 42.7 Å². The largest absolute Gasteiger partial charge is 0.504 e. The number of guanidine groups is 1. The molecule has 0 atom stereocenters. The topological polar surface area (TPSA) is 57.1 Å². The molecule has 0 spiro atoms. The van der Waals surface area contributed by atoms with Crippen molar-refractivity contribution in [3.63, 3.8) is 0 Å². The molecule has 0 saturated heterocycles. The highest BCUT2D eigenvalue weighted by Gasteiger charge is 2.09. The normalized spacial score (nSPS) is 10.9. The van der Waals surface area contributed by atoms with E-state index in [0.29, 0.717) is 25.3 Å². The second-order valence-corrected chi connectivity index (χ2v) is 5.94. The fourth-order valence-electron chi connectivity index (χ4n) is 2.67. The first-order valence-corrected chi connectivity index (χ1v) is 8.63. The predicted molar refractivity (Wildman–Crippen MR) is 118 cm³/mol. The summed E-state index contributed by atoms with van der Waals surface area (Å²) in [6, 6.07) is 12.0. The third kappa shape index (κ3) is 6.89. The number of ether oxygens (including phenoxy) is 1. The van der Waals surface area contributed by atoms with Gasteiger partial charge in [0, 0.05) is 26.7 Å². The summed E-state index contributed by atoms with van der Waals surface area (Å²) in [7, 11) is 3.44. The number of nitrogens with zero attached hydrogens (tertiary/aromatic N) is 2. The van der Waals surface area contributed by atoms with Crippen LogP contribution < -0.4 is 10.1 Å². The van der Waals surface area contributed by atoms with Crippen LogP contribution >= 0.6 is 24.0 Å². The van der Waals surface area contributed by atoms with Crippen LogP contribution in [0.3, 0.4) is 0 Å². The molecule has 0 aromatic heterocycles. The van der Waals surface area contributed by atoms with Gasteiger partial charge in [0.2, 0.25) is 0 Å². The molecule has 148 valence electrons. The zero-order valence-corrected chi connectivity index (χ0v) is 18.2. The zero-order valence-electron chi connectivity index (χ0n) is 15.9. The van der Waals surface area contributed by atoms with E-state index in [0.717, 1.165) is 23.6 Å². The highest BCUT2D eigenvalue weighted by Crippen LogP contribution is 2.29. The second-order valence-electron chi connectivity index (χ2n) is 5.94. The minimum atomic E-state index is -0.244. The summed E-state index contributed by atoms with van der Waals surface area (Å²) in [5.41, 5.74) is 1.67. The van der Waals surface area contributed by atoms with Crippen LogP contribution in [0.25, 0.3) is 0 Å². The Hall–Kier alpha value is -2.03. The Morgan fingerprint density at radius 3 is 2.67 bits per heavy atom. The van der Waals surface area contributed by atoms with E-state index in [9.17, 15) is 9.50 Å². The summed E-state index contributed by atoms with van der Waals surface area (Å²) in [6.07, 6.45) is 0.589. The average molecular weight is 487 g/mol. The smallest absolute Gasteiger partial charge is 0.193 e. The lowest BCUT2D eigenvalue weighted by Gasteiger charge is -2.22. The van der Waals surface area contributed by atoms with E-state index in [2.05, 4.69) is 10.3 Å². The van der Waals surface area contributed by atoms with E-state index < -0.39 is 0 Å². The number of halogens is 2. The van der Waals surface area contributed by atoms with Crippen LogP contribution in [0.5, 0.6) is 11.5 Å². The van der Waals surface area contributed by atoms with Crippen molar-refractivity contribution >= 4 is 29.9 Å². The number of para-hydroxylation sites is 1. The highest BCUT2D eigenvalue weighted by atomic mass is 127. The number of hydrogen-bond donors (Lipinski definition) is 2. The zero-order chi connectivity index (χ0) is 18.9. The molecule has 0 bridgehead atoms. The van der Waals surface area contributed by atoms with Gasteiger partial charge in [-0.25, -0.2) is 4.39 Å². The molecule has 27 heavy (non-hydrogen) atoms. The molecule has 5 nitrogen and oxygen atoms in total. The summed E-state index contributed by atoms with van der Waals surface area (Å²) in [5.74, 6) is 1.11. The van der Waals surface area contributed by atoms with E-state index in [1.165, 1.54) is 19.2 Å². The number of phenolic OH excluding ortho intramolecular Hbond substituents is 1. The lowest BCUT2D eigenvalue weighted by Crippen LogP contribution is -2.38. The molecule has 0 amide bonds. The molecular formula is C20H27FIN3O2. The molecule has 2 rings (SSSR count). The Labute approximate surface area is 177 Å². The van der Waals surface area contributed by atoms with Crippen molar-refractivity contribution in [3.8, 4) is 11.5 Å². The third-order valence-corrected chi connectivity index (χ3v) is 3.95. The van der Waals surface area contributed by atoms with E-state index in [1.807, 2.05) is 37.1 Å². The molecule has 2 N–H and O–H groups in total. The van der Waals surface area contributed by atoms with Gasteiger partial charge in [-0.15, -0.1) is 24.0 Å². The highest BCUT2D eigenvalue weighted by molar-refractivity contribution is 14.0. The number of benzene rings is 2. The summed E-state index contributed by atoms with van der Waals surface area (Å²) < 4.78 is 18.5. The molecular weight excluding hydrogens is 460 g/mol. The standard InChI is InChI=1S/C20H26FN3O2.HI/c1-4-22-20(24(2)14-15-7-5-9-17(21)13-15)23-12-11-16-8-6-10-18(26-3)19(16)25;/h5-10,13,25H,4,11-12,14H2,1-3H3,(H,22,23);1H. The van der Waals surface area contributed by atoms with Gasteiger partial charge in [0.05, 0.1) is 7.11 Å². The van der Waals surface area contributed by atoms with Crippen LogP contribution in [0, 0.1) is 5.82 Å². The second kappa shape index (κ2) is 11.6. The number of nitrogens with one attached hydrogen (secondary N) is 1. The Morgan fingerprint density at radius 2 is 2.00 bits per heavy atom. The first kappa shape index (κ1) is 23.0. The van der Waals surface area contributed by atoms with E-state index in [-0.39, 0.29) is 35.5 Å². The van der Waals surface area contributed by atoms with Crippen molar-refractivity contribution in [3.05, 3.63) is 59.4 Å². The lowest BCUT2D eigenvalue weighted by atomic mass is 10.1. The molecule has 2 aromatic carbocycles. The van der Waals surface area contributed by atoms with E-state index in [1.54, 1.807) is 12.1 Å². The molecule has 0 aliphatic carbocycles. The van der Waals surface area contributed by atoms with Gasteiger partial charge in [0.25, 0.3) is 0 Å². The molecule has 0 aliphatic rings. The van der Waals surface area contributed by atoms with Crippen molar-refractivity contribution in [1.82, 2.24) is 10.2 Å². The monoisotopic (exact) mass is 487 g/mol. The van der Waals surface area contributed by atoms with Gasteiger partial charge < -0.3 is 20.1 Å². The molecule has 0 aliphatic heterocycles. The van der Waals surface area contributed by atoms with Crippen LogP contribution in [0.15, 0.2) is 47.5 Å². The Balaban J connectivity index is 0.00000364. The van der Waals surface area contributed by atoms with E-state index in [4.69, 9.17) is 4.74 Å². The average Bonchev–Trinajstić information content (AvgIpc) is 2.62. The number of methoxy groups -OCH3 is 1. The number of aliphatic imine (C=N–C) groups is 1. The quantitative estimate of drug-likeness (QED) is 0.355. The van der Waals surface area contributed by atoms with Gasteiger partial charge >= 0.3 is 0 Å². The van der Waals surface area contributed by atoms with Crippen molar-refractivity contribution in [2.24, 2.45) is 4.99 Å². The van der Waals surface area contributed by atoms with Gasteiger partial charge in [-0.2, -0.15) is 0 Å². The summed E-state index contributed by atoms with van der Waals surface area (Å²) >= 11 is 0. The van der Waals surface area contributed by atoms with Gasteiger partial charge in [-0.3, -0.25) is 4.99 Å². The van der Waals surface area contributed by atoms with Crippen LogP contribution in [0.1, 0.15) is 18.1 Å². The SMILES string of the molecule is CCNC(=NCCc1cccc(OC)c1O)N(C)Cc1cccc(F)c1.I. The number of phenols is 1. The summed E-state index contributed by atoms with van der Waals surface area (Å²) in [6.45, 7) is 3.79. The van der Waals surface area contributed by atoms with Gasteiger partial charge in [0.1, 0.15) is 5.82 Å². The maximum Gasteiger partial charge on any atom is 0.193 e. The van der Waals surface area contributed by atoms with Crippen LogP contribution in [0.4, 0.5) is 4.39 Å². The molecule has 7 heteroatoms. The third-order valence-electron chi connectivity index (χ3n) is 3.95. The number of aromatic hydroxyl groups is 1. The minimum absolute atomic E-state index is 0. The van der Waals surface area contributed by atoms with Crippen molar-refractivity contribution in [2.75, 3.05) is 27.2 Å². The Kier molecular flexibility index (Phi) is 9.92. The molecule has 0 saturated carbocycles. The van der Waals surface area contributed by atoms with Gasteiger partial charge in [-0.1, -0.05) is 24.3 Å². The lowest BCUT2D eigenvalue weighted by molar-refractivity contribution is 0.370. The van der Waals surface area contributed by atoms with E-state index >= 15 is 0 Å². The predicted octanol–water partition coefficient (Wildman–Crippen LogP) is 3.80. The molecule has 0 fully saturated rings.